The van der Waals surface area contributed by atoms with Crippen LogP contribution in [0.5, 0.6) is 0 Å². The van der Waals surface area contributed by atoms with Crippen molar-refractivity contribution in [1.29, 1.82) is 0 Å². The molecule has 1 N–H and O–H groups in total. The van der Waals surface area contributed by atoms with Gasteiger partial charge in [-0.2, -0.15) is 11.8 Å². The fourth-order valence-electron chi connectivity index (χ4n) is 2.27. The minimum atomic E-state index is -0.958. The van der Waals surface area contributed by atoms with Gasteiger partial charge in [0.15, 0.2) is 0 Å². The van der Waals surface area contributed by atoms with Gasteiger partial charge >= 0.3 is 5.97 Å². The minimum Gasteiger partial charge on any atom is -0.478 e. The van der Waals surface area contributed by atoms with Gasteiger partial charge in [0.25, 0.3) is 0 Å². The molecule has 0 bridgehead atoms. The predicted molar refractivity (Wildman–Crippen MR) is 86.9 cm³/mol. The van der Waals surface area contributed by atoms with Gasteiger partial charge < -0.3 is 10.0 Å². The van der Waals surface area contributed by atoms with Gasteiger partial charge in [0.1, 0.15) is 0 Å². The summed E-state index contributed by atoms with van der Waals surface area (Å²) in [6.07, 6.45) is 2.67. The molecule has 3 nitrogen and oxygen atoms in total. The molecule has 1 aromatic carbocycles. The Balaban J connectivity index is 2.19. The van der Waals surface area contributed by atoms with Crippen LogP contribution in [0.2, 0.25) is 5.02 Å². The summed E-state index contributed by atoms with van der Waals surface area (Å²) in [6, 6.07) is 5.68. The molecule has 0 saturated carbocycles. The van der Waals surface area contributed by atoms with E-state index in [0.29, 0.717) is 5.02 Å². The van der Waals surface area contributed by atoms with E-state index in [4.69, 9.17) is 16.7 Å². The van der Waals surface area contributed by atoms with Crippen LogP contribution in [-0.2, 0) is 4.79 Å². The van der Waals surface area contributed by atoms with Gasteiger partial charge in [-0.3, -0.25) is 0 Å². The van der Waals surface area contributed by atoms with Crippen molar-refractivity contribution in [1.82, 2.24) is 0 Å². The van der Waals surface area contributed by atoms with Crippen molar-refractivity contribution >= 4 is 41.1 Å². The average Bonchev–Trinajstić information content (AvgIpc) is 2.35. The Morgan fingerprint density at radius 2 is 2.25 bits per heavy atom. The largest absolute Gasteiger partial charge is 0.478 e. The predicted octanol–water partition coefficient (Wildman–Crippen LogP) is 3.77. The van der Waals surface area contributed by atoms with Gasteiger partial charge in [-0.15, -0.1) is 0 Å². The van der Waals surface area contributed by atoms with E-state index in [0.717, 1.165) is 36.2 Å². The smallest absolute Gasteiger partial charge is 0.328 e. The lowest BCUT2D eigenvalue weighted by molar-refractivity contribution is -0.131. The van der Waals surface area contributed by atoms with Crippen LogP contribution < -0.4 is 4.90 Å². The third-order valence-electron chi connectivity index (χ3n) is 3.16. The number of carbonyl (C=O) groups is 1. The highest BCUT2D eigenvalue weighted by Gasteiger charge is 2.27. The van der Waals surface area contributed by atoms with Crippen molar-refractivity contribution in [2.45, 2.75) is 18.6 Å². The summed E-state index contributed by atoms with van der Waals surface area (Å²) >= 11 is 8.32. The number of nitrogens with zero attached hydrogens (tertiary/aromatic N) is 1. The minimum absolute atomic E-state index is 0.226. The Hall–Kier alpha value is -1.13. The van der Waals surface area contributed by atoms with Crippen molar-refractivity contribution < 1.29 is 9.90 Å². The zero-order valence-corrected chi connectivity index (χ0v) is 13.2. The lowest BCUT2D eigenvalue weighted by atomic mass is 10.1. The highest BCUT2D eigenvalue weighted by atomic mass is 35.5. The molecular weight excluding hydrogens is 294 g/mol. The van der Waals surface area contributed by atoms with E-state index in [-0.39, 0.29) is 4.75 Å². The van der Waals surface area contributed by atoms with Crippen LogP contribution in [0.15, 0.2) is 24.3 Å². The molecule has 1 aliphatic heterocycles. The molecule has 1 aliphatic rings. The van der Waals surface area contributed by atoms with Crippen LogP contribution in [0.4, 0.5) is 5.69 Å². The second-order valence-corrected chi connectivity index (χ2v) is 7.62. The Morgan fingerprint density at radius 3 is 2.85 bits per heavy atom. The molecule has 0 radical (unpaired) electrons. The van der Waals surface area contributed by atoms with Crippen LogP contribution in [0.1, 0.15) is 19.4 Å². The zero-order chi connectivity index (χ0) is 14.8. The number of benzene rings is 1. The van der Waals surface area contributed by atoms with E-state index in [2.05, 4.69) is 18.7 Å². The Morgan fingerprint density at radius 1 is 1.50 bits per heavy atom. The molecule has 0 atom stereocenters. The van der Waals surface area contributed by atoms with E-state index in [1.54, 1.807) is 6.08 Å². The molecule has 0 aromatic heterocycles. The van der Waals surface area contributed by atoms with E-state index in [9.17, 15) is 4.79 Å². The number of anilines is 1. The first-order valence-corrected chi connectivity index (χ1v) is 7.83. The summed E-state index contributed by atoms with van der Waals surface area (Å²) in [6.45, 7) is 6.42. The summed E-state index contributed by atoms with van der Waals surface area (Å²) in [5, 5.41) is 9.30. The molecule has 5 heteroatoms. The molecule has 1 saturated heterocycles. The molecule has 1 aromatic rings. The van der Waals surface area contributed by atoms with Crippen molar-refractivity contribution in [2.24, 2.45) is 0 Å². The third-order valence-corrected chi connectivity index (χ3v) is 4.76. The summed E-state index contributed by atoms with van der Waals surface area (Å²) in [4.78, 5) is 12.8. The van der Waals surface area contributed by atoms with Crippen LogP contribution >= 0.6 is 23.4 Å². The third kappa shape index (κ3) is 3.93. The van der Waals surface area contributed by atoms with Crippen molar-refractivity contribution in [3.05, 3.63) is 34.9 Å². The Labute approximate surface area is 128 Å². The number of hydrogen-bond donors (Lipinski definition) is 1. The Kier molecular flexibility index (Phi) is 4.66. The summed E-state index contributed by atoms with van der Waals surface area (Å²) in [5.41, 5.74) is 1.82. The van der Waals surface area contributed by atoms with Crippen molar-refractivity contribution in [3.8, 4) is 0 Å². The van der Waals surface area contributed by atoms with Crippen LogP contribution in [0.25, 0.3) is 6.08 Å². The van der Waals surface area contributed by atoms with Crippen molar-refractivity contribution in [3.63, 3.8) is 0 Å². The highest BCUT2D eigenvalue weighted by molar-refractivity contribution is 8.00. The molecule has 0 aliphatic carbocycles. The number of carboxylic acids is 1. The number of thioether (sulfide) groups is 1. The second kappa shape index (κ2) is 6.10. The van der Waals surface area contributed by atoms with E-state index < -0.39 is 5.97 Å². The standard InChI is InChI=1S/C15H18ClNO2S/c1-15(2)10-17(7-8-20-15)13-5-3-11(9-12(13)16)4-6-14(18)19/h3-6,9H,7-8,10H2,1-2H3,(H,18,19)/b6-4+. The molecular formula is C15H18ClNO2S. The summed E-state index contributed by atoms with van der Waals surface area (Å²) in [7, 11) is 0. The SMILES string of the molecule is CC1(C)CN(c2ccc(/C=C/C(=O)O)cc2Cl)CCS1. The number of aliphatic carboxylic acids is 1. The topological polar surface area (TPSA) is 40.5 Å². The number of halogens is 1. The van der Waals surface area contributed by atoms with Gasteiger partial charge in [0.05, 0.1) is 10.7 Å². The average molecular weight is 312 g/mol. The number of hydrogen-bond acceptors (Lipinski definition) is 3. The summed E-state index contributed by atoms with van der Waals surface area (Å²) in [5.74, 6) is 0.129. The second-order valence-electron chi connectivity index (χ2n) is 5.41. The van der Waals surface area contributed by atoms with Gasteiger partial charge in [-0.1, -0.05) is 17.7 Å². The fraction of sp³-hybridized carbons (Fsp3) is 0.400. The monoisotopic (exact) mass is 311 g/mol. The molecule has 0 unspecified atom stereocenters. The quantitative estimate of drug-likeness (QED) is 0.863. The highest BCUT2D eigenvalue weighted by Crippen LogP contribution is 2.35. The molecule has 1 heterocycles. The van der Waals surface area contributed by atoms with Crippen LogP contribution in [-0.4, -0.2) is 34.7 Å². The van der Waals surface area contributed by atoms with E-state index in [1.165, 1.54) is 0 Å². The molecule has 108 valence electrons. The van der Waals surface area contributed by atoms with Gasteiger partial charge in [0.2, 0.25) is 0 Å². The normalized spacial score (nSPS) is 18.4. The molecule has 0 spiro atoms. The lowest BCUT2D eigenvalue weighted by Crippen LogP contribution is -2.43. The lowest BCUT2D eigenvalue weighted by Gasteiger charge is -2.39. The molecule has 20 heavy (non-hydrogen) atoms. The maximum absolute atomic E-state index is 10.5. The van der Waals surface area contributed by atoms with Gasteiger partial charge in [-0.05, 0) is 37.6 Å². The number of carboxylic acid groups (broad SMARTS) is 1. The molecule has 2 rings (SSSR count). The fourth-order valence-corrected chi connectivity index (χ4v) is 3.69. The van der Waals surface area contributed by atoms with Gasteiger partial charge in [-0.25, -0.2) is 4.79 Å². The van der Waals surface area contributed by atoms with Crippen LogP contribution in [0.3, 0.4) is 0 Å². The molecule has 1 fully saturated rings. The van der Waals surface area contributed by atoms with E-state index >= 15 is 0 Å². The van der Waals surface area contributed by atoms with E-state index in [1.807, 2.05) is 30.0 Å². The maximum atomic E-state index is 10.5. The first-order valence-electron chi connectivity index (χ1n) is 6.47. The number of rotatable bonds is 3. The van der Waals surface area contributed by atoms with Gasteiger partial charge in [0, 0.05) is 29.7 Å². The first-order chi connectivity index (χ1) is 9.37. The molecule has 0 amide bonds. The Bertz CT molecular complexity index is 543. The zero-order valence-electron chi connectivity index (χ0n) is 11.6. The first kappa shape index (κ1) is 15.3. The maximum Gasteiger partial charge on any atom is 0.328 e. The van der Waals surface area contributed by atoms with Crippen LogP contribution in [0, 0.1) is 0 Å². The van der Waals surface area contributed by atoms with Crippen molar-refractivity contribution in [2.75, 3.05) is 23.7 Å². The summed E-state index contributed by atoms with van der Waals surface area (Å²) < 4.78 is 0.226.